The molecule has 1 rings (SSSR count). The highest BCUT2D eigenvalue weighted by molar-refractivity contribution is 7.88. The van der Waals surface area contributed by atoms with Crippen molar-refractivity contribution in [3.05, 3.63) is 0 Å². The molecule has 2 atom stereocenters. The van der Waals surface area contributed by atoms with E-state index in [0.717, 1.165) is 17.1 Å². The number of carbonyl (C=O) groups excluding carboxylic acids is 1. The van der Waals surface area contributed by atoms with Crippen molar-refractivity contribution in [3.8, 4) is 0 Å². The van der Waals surface area contributed by atoms with Crippen LogP contribution in [0.3, 0.4) is 0 Å². The molecule has 1 fully saturated rings. The molecule has 0 aromatic carbocycles. The first kappa shape index (κ1) is 17.6. The summed E-state index contributed by atoms with van der Waals surface area (Å²) in [5.41, 5.74) is 0. The van der Waals surface area contributed by atoms with Crippen LogP contribution >= 0.6 is 12.4 Å². The molecule has 1 saturated heterocycles. The van der Waals surface area contributed by atoms with Gasteiger partial charge in [-0.05, 0) is 13.8 Å². The highest BCUT2D eigenvalue weighted by atomic mass is 35.5. The summed E-state index contributed by atoms with van der Waals surface area (Å²) in [5, 5.41) is 3.27. The van der Waals surface area contributed by atoms with E-state index in [9.17, 15) is 13.2 Å². The number of amides is 1. The van der Waals surface area contributed by atoms with E-state index in [0.29, 0.717) is 6.54 Å². The number of hydrogen-bond donors (Lipinski definition) is 1. The van der Waals surface area contributed by atoms with E-state index in [1.54, 1.807) is 4.90 Å². The van der Waals surface area contributed by atoms with Gasteiger partial charge in [0.25, 0.3) is 0 Å². The molecule has 0 spiro atoms. The summed E-state index contributed by atoms with van der Waals surface area (Å²) < 4.78 is 23.6. The predicted octanol–water partition coefficient (Wildman–Crippen LogP) is -0.492. The molecule has 0 aliphatic carbocycles. The molecule has 108 valence electrons. The van der Waals surface area contributed by atoms with Gasteiger partial charge >= 0.3 is 0 Å². The Balaban J connectivity index is 0.00000289. The summed E-state index contributed by atoms with van der Waals surface area (Å²) in [6, 6.07) is 0.320. The number of halogens is 1. The largest absolute Gasteiger partial charge is 0.336 e. The van der Waals surface area contributed by atoms with Crippen LogP contribution in [0.4, 0.5) is 0 Å². The third-order valence-electron chi connectivity index (χ3n) is 3.28. The van der Waals surface area contributed by atoms with Gasteiger partial charge in [0.05, 0.1) is 12.8 Å². The SMILES string of the molecule is CC1NCCN(C(=O)CN(C)S(C)(=O)=O)C1C.Cl. The lowest BCUT2D eigenvalue weighted by molar-refractivity contribution is -0.134. The summed E-state index contributed by atoms with van der Waals surface area (Å²) in [7, 11) is -1.88. The monoisotopic (exact) mass is 299 g/mol. The second kappa shape index (κ2) is 6.70. The van der Waals surface area contributed by atoms with E-state index in [-0.39, 0.29) is 36.9 Å². The maximum Gasteiger partial charge on any atom is 0.238 e. The number of nitrogens with zero attached hydrogens (tertiary/aromatic N) is 2. The maximum absolute atomic E-state index is 12.0. The number of nitrogens with one attached hydrogen (secondary N) is 1. The lowest BCUT2D eigenvalue weighted by atomic mass is 10.1. The second-order valence-electron chi connectivity index (χ2n) is 4.59. The van der Waals surface area contributed by atoms with Gasteiger partial charge in [-0.1, -0.05) is 0 Å². The molecule has 0 radical (unpaired) electrons. The number of sulfonamides is 1. The first-order valence-corrected chi connectivity index (χ1v) is 7.52. The van der Waals surface area contributed by atoms with Crippen LogP contribution in [0.2, 0.25) is 0 Å². The molecule has 6 nitrogen and oxygen atoms in total. The van der Waals surface area contributed by atoms with Crippen LogP contribution in [0.15, 0.2) is 0 Å². The van der Waals surface area contributed by atoms with E-state index in [2.05, 4.69) is 5.32 Å². The molecular weight excluding hydrogens is 278 g/mol. The molecule has 1 amide bonds. The van der Waals surface area contributed by atoms with E-state index in [4.69, 9.17) is 0 Å². The zero-order valence-electron chi connectivity index (χ0n) is 11.2. The Labute approximate surface area is 115 Å². The Morgan fingerprint density at radius 2 is 2.00 bits per heavy atom. The molecule has 0 bridgehead atoms. The van der Waals surface area contributed by atoms with Gasteiger partial charge < -0.3 is 10.2 Å². The second-order valence-corrected chi connectivity index (χ2v) is 6.68. The first-order chi connectivity index (χ1) is 7.73. The molecule has 0 aromatic heterocycles. The lowest BCUT2D eigenvalue weighted by Gasteiger charge is -2.39. The average Bonchev–Trinajstić information content (AvgIpc) is 2.20. The van der Waals surface area contributed by atoms with Crippen molar-refractivity contribution in [3.63, 3.8) is 0 Å². The van der Waals surface area contributed by atoms with Crippen molar-refractivity contribution in [1.29, 1.82) is 0 Å². The molecule has 1 aliphatic heterocycles. The Morgan fingerprint density at radius 1 is 1.44 bits per heavy atom. The van der Waals surface area contributed by atoms with E-state index in [1.165, 1.54) is 7.05 Å². The minimum Gasteiger partial charge on any atom is -0.336 e. The van der Waals surface area contributed by atoms with E-state index >= 15 is 0 Å². The number of hydrogen-bond acceptors (Lipinski definition) is 4. The lowest BCUT2D eigenvalue weighted by Crippen LogP contribution is -2.58. The smallest absolute Gasteiger partial charge is 0.238 e. The Morgan fingerprint density at radius 3 is 2.50 bits per heavy atom. The number of likely N-dealkylation sites (N-methyl/N-ethyl adjacent to an activating group) is 1. The highest BCUT2D eigenvalue weighted by Gasteiger charge is 2.29. The van der Waals surface area contributed by atoms with Crippen molar-refractivity contribution in [2.24, 2.45) is 0 Å². The Kier molecular flexibility index (Phi) is 6.56. The molecule has 1 aliphatic rings. The number of piperazine rings is 1. The molecule has 0 saturated carbocycles. The molecule has 1 N–H and O–H groups in total. The van der Waals surface area contributed by atoms with Gasteiger partial charge in [0.2, 0.25) is 15.9 Å². The summed E-state index contributed by atoms with van der Waals surface area (Å²) in [6.45, 7) is 5.28. The predicted molar refractivity (Wildman–Crippen MR) is 73.4 cm³/mol. The van der Waals surface area contributed by atoms with Crippen molar-refractivity contribution in [2.75, 3.05) is 32.9 Å². The van der Waals surface area contributed by atoms with Crippen LogP contribution in [0.25, 0.3) is 0 Å². The van der Waals surface area contributed by atoms with Gasteiger partial charge in [-0.25, -0.2) is 8.42 Å². The molecule has 1 heterocycles. The van der Waals surface area contributed by atoms with Gasteiger partial charge in [-0.15, -0.1) is 12.4 Å². The molecule has 8 heteroatoms. The molecular formula is C10H22ClN3O3S. The van der Waals surface area contributed by atoms with Gasteiger partial charge in [0, 0.05) is 32.2 Å². The molecule has 0 aromatic rings. The summed E-state index contributed by atoms with van der Waals surface area (Å²) in [5.74, 6) is -0.140. The average molecular weight is 300 g/mol. The first-order valence-electron chi connectivity index (χ1n) is 5.67. The van der Waals surface area contributed by atoms with Crippen LogP contribution in [-0.4, -0.2) is 68.6 Å². The fraction of sp³-hybridized carbons (Fsp3) is 0.900. The van der Waals surface area contributed by atoms with Crippen molar-refractivity contribution in [2.45, 2.75) is 25.9 Å². The van der Waals surface area contributed by atoms with Crippen LogP contribution < -0.4 is 5.32 Å². The third-order valence-corrected chi connectivity index (χ3v) is 4.54. The minimum atomic E-state index is -3.30. The van der Waals surface area contributed by atoms with Crippen molar-refractivity contribution >= 4 is 28.3 Å². The Hall–Kier alpha value is -0.370. The summed E-state index contributed by atoms with van der Waals surface area (Å²) >= 11 is 0. The van der Waals surface area contributed by atoms with E-state index < -0.39 is 10.0 Å². The fourth-order valence-electron chi connectivity index (χ4n) is 1.81. The Bertz CT molecular complexity index is 388. The number of rotatable bonds is 3. The third kappa shape index (κ3) is 4.38. The van der Waals surface area contributed by atoms with Gasteiger partial charge in [-0.2, -0.15) is 4.31 Å². The molecule has 18 heavy (non-hydrogen) atoms. The van der Waals surface area contributed by atoms with Crippen LogP contribution in [0, 0.1) is 0 Å². The zero-order chi connectivity index (χ0) is 13.2. The van der Waals surface area contributed by atoms with E-state index in [1.807, 2.05) is 13.8 Å². The topological polar surface area (TPSA) is 69.7 Å². The van der Waals surface area contributed by atoms with Crippen LogP contribution in [-0.2, 0) is 14.8 Å². The minimum absolute atomic E-state index is 0. The summed E-state index contributed by atoms with van der Waals surface area (Å²) in [4.78, 5) is 13.7. The summed E-state index contributed by atoms with van der Waals surface area (Å²) in [6.07, 6.45) is 1.10. The van der Waals surface area contributed by atoms with Crippen LogP contribution in [0.1, 0.15) is 13.8 Å². The highest BCUT2D eigenvalue weighted by Crippen LogP contribution is 2.09. The molecule has 2 unspecified atom stereocenters. The standard InChI is InChI=1S/C10H21N3O3S.ClH/c1-8-9(2)13(6-5-11-8)10(14)7-12(3)17(4,15)16;/h8-9,11H,5-7H2,1-4H3;1H. The van der Waals surface area contributed by atoms with Gasteiger partial charge in [-0.3, -0.25) is 4.79 Å². The maximum atomic E-state index is 12.0. The normalized spacial score (nSPS) is 24.8. The van der Waals surface area contributed by atoms with Crippen LogP contribution in [0.5, 0.6) is 0 Å². The van der Waals surface area contributed by atoms with Gasteiger partial charge in [0.1, 0.15) is 0 Å². The fourth-order valence-corrected chi connectivity index (χ4v) is 2.15. The zero-order valence-corrected chi connectivity index (χ0v) is 12.8. The van der Waals surface area contributed by atoms with Crippen molar-refractivity contribution in [1.82, 2.24) is 14.5 Å². The number of carbonyl (C=O) groups is 1. The van der Waals surface area contributed by atoms with Crippen molar-refractivity contribution < 1.29 is 13.2 Å². The quantitative estimate of drug-likeness (QED) is 0.763. The van der Waals surface area contributed by atoms with Gasteiger partial charge in [0.15, 0.2) is 0 Å².